The number of cyclic esters (lactones) is 1. The van der Waals surface area contributed by atoms with Crippen LogP contribution in [0.25, 0.3) is 11.4 Å². The number of amides is 1. The lowest BCUT2D eigenvalue weighted by Gasteiger charge is -2.21. The molecular weight excluding hydrogens is 420 g/mol. The molecule has 0 bridgehead atoms. The number of anilines is 2. The molecule has 3 aromatic rings. The lowest BCUT2D eigenvalue weighted by Crippen LogP contribution is -2.36. The number of ether oxygens (including phenoxy) is 1. The van der Waals surface area contributed by atoms with Crippen LogP contribution in [0.4, 0.5) is 16.6 Å². The number of halogens is 1. The zero-order chi connectivity index (χ0) is 21.5. The van der Waals surface area contributed by atoms with E-state index in [1.807, 2.05) is 26.0 Å². The van der Waals surface area contributed by atoms with Gasteiger partial charge in [0.2, 0.25) is 17.7 Å². The molecule has 2 aliphatic rings. The Bertz CT molecular complexity index is 1110. The number of carbonyl (C=O) groups excluding carboxylic acids is 1. The van der Waals surface area contributed by atoms with Crippen LogP contribution in [0.3, 0.4) is 0 Å². The summed E-state index contributed by atoms with van der Waals surface area (Å²) < 4.78 is 10.7. The number of aryl methyl sites for hydroxylation is 1. The topological polar surface area (TPSA) is 106 Å². The van der Waals surface area contributed by atoms with Crippen LogP contribution >= 0.6 is 11.6 Å². The van der Waals surface area contributed by atoms with Crippen LogP contribution in [0.2, 0.25) is 5.02 Å². The van der Waals surface area contributed by atoms with Gasteiger partial charge in [0.05, 0.1) is 6.04 Å². The zero-order valence-electron chi connectivity index (χ0n) is 17.1. The Labute approximate surface area is 183 Å². The highest BCUT2D eigenvalue weighted by Gasteiger charge is 2.44. The van der Waals surface area contributed by atoms with E-state index >= 15 is 0 Å². The molecule has 9 nitrogen and oxygen atoms in total. The molecule has 2 fully saturated rings. The van der Waals surface area contributed by atoms with Crippen LogP contribution < -0.4 is 10.2 Å². The summed E-state index contributed by atoms with van der Waals surface area (Å²) in [6.07, 6.45) is 1.85. The van der Waals surface area contributed by atoms with Gasteiger partial charge in [-0.05, 0) is 56.9 Å². The minimum atomic E-state index is -0.362. The Kier molecular flexibility index (Phi) is 4.97. The standard InChI is InChI=1S/C21H21ClN6O3/c1-11-9-17(28-16(13-3-4-13)10-30-21(28)29)25-20(23-11)24-12(2)19-26-18(27-31-19)14-5-7-15(22)8-6-14/h5-9,12-13,16H,3-4,10H2,1-2H3,(H,23,24,25)/t12-,16+/m0/s1. The van der Waals surface area contributed by atoms with Gasteiger partial charge in [0.25, 0.3) is 0 Å². The van der Waals surface area contributed by atoms with Crippen molar-refractivity contribution in [2.24, 2.45) is 5.92 Å². The summed E-state index contributed by atoms with van der Waals surface area (Å²) >= 11 is 5.94. The number of nitrogens with one attached hydrogen (secondary N) is 1. The van der Waals surface area contributed by atoms with Crippen LogP contribution in [0.15, 0.2) is 34.9 Å². The lowest BCUT2D eigenvalue weighted by molar-refractivity contribution is 0.178. The van der Waals surface area contributed by atoms with Gasteiger partial charge in [0, 0.05) is 22.3 Å². The molecule has 1 aliphatic carbocycles. The average molecular weight is 441 g/mol. The predicted molar refractivity (Wildman–Crippen MR) is 114 cm³/mol. The smallest absolute Gasteiger partial charge is 0.415 e. The highest BCUT2D eigenvalue weighted by molar-refractivity contribution is 6.30. The number of hydrogen-bond acceptors (Lipinski definition) is 8. The van der Waals surface area contributed by atoms with E-state index in [4.69, 9.17) is 20.9 Å². The maximum Gasteiger partial charge on any atom is 0.415 e. The number of nitrogens with zero attached hydrogens (tertiary/aromatic N) is 5. The SMILES string of the molecule is Cc1cc(N2C(=O)OC[C@@H]2C2CC2)nc(N[C@@H](C)c2nc(-c3ccc(Cl)cc3)no2)n1. The van der Waals surface area contributed by atoms with E-state index in [2.05, 4.69) is 25.4 Å². The van der Waals surface area contributed by atoms with E-state index in [0.717, 1.165) is 24.1 Å². The van der Waals surface area contributed by atoms with Gasteiger partial charge in [-0.2, -0.15) is 9.97 Å². The third kappa shape index (κ3) is 4.05. The molecule has 0 radical (unpaired) electrons. The van der Waals surface area contributed by atoms with E-state index in [0.29, 0.717) is 41.0 Å². The normalized spacial score (nSPS) is 19.4. The molecule has 3 heterocycles. The van der Waals surface area contributed by atoms with Gasteiger partial charge < -0.3 is 14.6 Å². The molecular formula is C21H21ClN6O3. The summed E-state index contributed by atoms with van der Waals surface area (Å²) in [5.74, 6) is 2.25. The Morgan fingerprint density at radius 2 is 1.97 bits per heavy atom. The summed E-state index contributed by atoms with van der Waals surface area (Å²) in [5.41, 5.74) is 1.54. The van der Waals surface area contributed by atoms with E-state index in [9.17, 15) is 4.79 Å². The third-order valence-electron chi connectivity index (χ3n) is 5.42. The Morgan fingerprint density at radius 3 is 2.71 bits per heavy atom. The van der Waals surface area contributed by atoms with Gasteiger partial charge in [-0.25, -0.2) is 9.78 Å². The van der Waals surface area contributed by atoms with Crippen molar-refractivity contribution in [1.29, 1.82) is 0 Å². The minimum absolute atomic E-state index is 0.0324. The molecule has 1 aromatic carbocycles. The number of hydrogen-bond donors (Lipinski definition) is 1. The fraction of sp³-hybridized carbons (Fsp3) is 0.381. The molecule has 160 valence electrons. The lowest BCUT2D eigenvalue weighted by atomic mass is 10.2. The van der Waals surface area contributed by atoms with E-state index < -0.39 is 0 Å². The molecule has 2 aromatic heterocycles. The van der Waals surface area contributed by atoms with Gasteiger partial charge in [-0.3, -0.25) is 4.90 Å². The van der Waals surface area contributed by atoms with Crippen molar-refractivity contribution in [3.05, 3.63) is 46.9 Å². The summed E-state index contributed by atoms with van der Waals surface area (Å²) in [7, 11) is 0. The van der Waals surface area contributed by atoms with Crippen LogP contribution in [0.5, 0.6) is 0 Å². The van der Waals surface area contributed by atoms with Crippen molar-refractivity contribution in [2.75, 3.05) is 16.8 Å². The second-order valence-corrected chi connectivity index (χ2v) is 8.31. The minimum Gasteiger partial charge on any atom is -0.447 e. The molecule has 2 atom stereocenters. The van der Waals surface area contributed by atoms with E-state index in [1.54, 1.807) is 23.1 Å². The molecule has 1 aliphatic heterocycles. The van der Waals surface area contributed by atoms with Crippen molar-refractivity contribution in [2.45, 2.75) is 38.8 Å². The monoisotopic (exact) mass is 440 g/mol. The highest BCUT2D eigenvalue weighted by atomic mass is 35.5. The Balaban J connectivity index is 1.35. The van der Waals surface area contributed by atoms with Gasteiger partial charge in [0.1, 0.15) is 18.5 Å². The number of rotatable bonds is 6. The molecule has 10 heteroatoms. The molecule has 1 saturated carbocycles. The molecule has 1 N–H and O–H groups in total. The molecule has 0 spiro atoms. The Hall–Kier alpha value is -3.20. The summed E-state index contributed by atoms with van der Waals surface area (Å²) in [6.45, 7) is 4.14. The van der Waals surface area contributed by atoms with Crippen molar-refractivity contribution < 1.29 is 14.1 Å². The van der Waals surface area contributed by atoms with Crippen LogP contribution in [-0.4, -0.2) is 38.9 Å². The van der Waals surface area contributed by atoms with Crippen molar-refractivity contribution in [1.82, 2.24) is 20.1 Å². The van der Waals surface area contributed by atoms with Crippen molar-refractivity contribution in [3.63, 3.8) is 0 Å². The molecule has 1 saturated heterocycles. The second kappa shape index (κ2) is 7.81. The second-order valence-electron chi connectivity index (χ2n) is 7.87. The quantitative estimate of drug-likeness (QED) is 0.601. The van der Waals surface area contributed by atoms with Crippen LogP contribution in [-0.2, 0) is 4.74 Å². The number of carbonyl (C=O) groups is 1. The Morgan fingerprint density at radius 1 is 1.19 bits per heavy atom. The van der Waals surface area contributed by atoms with Gasteiger partial charge >= 0.3 is 6.09 Å². The van der Waals surface area contributed by atoms with Crippen molar-refractivity contribution >= 4 is 29.5 Å². The molecule has 5 rings (SSSR count). The van der Waals surface area contributed by atoms with Gasteiger partial charge in [0.15, 0.2) is 0 Å². The van der Waals surface area contributed by atoms with Gasteiger partial charge in [-0.1, -0.05) is 16.8 Å². The van der Waals surface area contributed by atoms with Crippen LogP contribution in [0, 0.1) is 12.8 Å². The summed E-state index contributed by atoms with van der Waals surface area (Å²) in [4.78, 5) is 27.4. The molecule has 0 unspecified atom stereocenters. The number of benzene rings is 1. The highest BCUT2D eigenvalue weighted by Crippen LogP contribution is 2.39. The van der Waals surface area contributed by atoms with E-state index in [1.165, 1.54) is 0 Å². The first-order valence-electron chi connectivity index (χ1n) is 10.2. The molecule has 1 amide bonds. The molecule has 31 heavy (non-hydrogen) atoms. The first-order valence-corrected chi connectivity index (χ1v) is 10.5. The maximum absolute atomic E-state index is 12.3. The first-order chi connectivity index (χ1) is 15.0. The fourth-order valence-corrected chi connectivity index (χ4v) is 3.78. The largest absolute Gasteiger partial charge is 0.447 e. The zero-order valence-corrected chi connectivity index (χ0v) is 17.8. The first kappa shape index (κ1) is 19.7. The predicted octanol–water partition coefficient (Wildman–Crippen LogP) is 4.40. The average Bonchev–Trinajstić information content (AvgIpc) is 3.32. The summed E-state index contributed by atoms with van der Waals surface area (Å²) in [5, 5.41) is 7.88. The maximum atomic E-state index is 12.3. The van der Waals surface area contributed by atoms with E-state index in [-0.39, 0.29) is 18.2 Å². The number of aromatic nitrogens is 4. The third-order valence-corrected chi connectivity index (χ3v) is 5.67. The summed E-state index contributed by atoms with van der Waals surface area (Å²) in [6, 6.07) is 8.69. The van der Waals surface area contributed by atoms with Crippen LogP contribution in [0.1, 0.15) is 37.4 Å². The van der Waals surface area contributed by atoms with Gasteiger partial charge in [-0.15, -0.1) is 0 Å². The fourth-order valence-electron chi connectivity index (χ4n) is 3.65. The van der Waals surface area contributed by atoms with Crippen molar-refractivity contribution in [3.8, 4) is 11.4 Å².